The van der Waals surface area contributed by atoms with Gasteiger partial charge in [0.05, 0.1) is 11.0 Å². The van der Waals surface area contributed by atoms with Gasteiger partial charge in [0, 0.05) is 12.6 Å². The Morgan fingerprint density at radius 1 is 1.38 bits per heavy atom. The second-order valence-electron chi connectivity index (χ2n) is 4.31. The van der Waals surface area contributed by atoms with Crippen LogP contribution in [0.25, 0.3) is 16.6 Å². The molecule has 1 N–H and O–H groups in total. The van der Waals surface area contributed by atoms with Crippen molar-refractivity contribution in [2.24, 2.45) is 7.05 Å². The predicted octanol–water partition coefficient (Wildman–Crippen LogP) is 2.43. The van der Waals surface area contributed by atoms with Crippen molar-refractivity contribution in [1.29, 1.82) is 0 Å². The van der Waals surface area contributed by atoms with E-state index in [1.54, 1.807) is 4.57 Å². The summed E-state index contributed by atoms with van der Waals surface area (Å²) in [6.07, 6.45) is 5.79. The molecule has 1 heterocycles. The molecular formula is C13H14N2O. The van der Waals surface area contributed by atoms with Crippen molar-refractivity contribution < 1.29 is 0 Å². The van der Waals surface area contributed by atoms with Crippen molar-refractivity contribution in [3.05, 3.63) is 40.3 Å². The van der Waals surface area contributed by atoms with E-state index in [4.69, 9.17) is 0 Å². The van der Waals surface area contributed by atoms with E-state index in [9.17, 15) is 4.79 Å². The molecule has 2 aromatic rings. The van der Waals surface area contributed by atoms with E-state index in [0.717, 1.165) is 23.9 Å². The number of aryl methyl sites for hydroxylation is 1. The number of hydrogen-bond acceptors (Lipinski definition) is 1. The van der Waals surface area contributed by atoms with Gasteiger partial charge >= 0.3 is 5.69 Å². The highest BCUT2D eigenvalue weighted by molar-refractivity contribution is 5.89. The standard InChI is InChI=1S/C13H14N2O/c1-15-12-10(9-5-2-3-6-9)7-4-8-11(12)14-13(15)16/h4-5,7-8H,2-3,6H2,1H3,(H,14,16). The first-order valence-electron chi connectivity index (χ1n) is 5.64. The third kappa shape index (κ3) is 1.24. The maximum Gasteiger partial charge on any atom is 0.326 e. The Labute approximate surface area is 93.4 Å². The lowest BCUT2D eigenvalue weighted by molar-refractivity contribution is 0.889. The van der Waals surface area contributed by atoms with Gasteiger partial charge in [0.2, 0.25) is 0 Å². The lowest BCUT2D eigenvalue weighted by atomic mass is 10.0. The second-order valence-corrected chi connectivity index (χ2v) is 4.31. The second kappa shape index (κ2) is 3.37. The number of aromatic nitrogens is 2. The van der Waals surface area contributed by atoms with Crippen LogP contribution in [0.3, 0.4) is 0 Å². The van der Waals surface area contributed by atoms with E-state index in [2.05, 4.69) is 17.1 Å². The Morgan fingerprint density at radius 2 is 2.25 bits per heavy atom. The normalized spacial score (nSPS) is 15.7. The topological polar surface area (TPSA) is 37.8 Å². The molecule has 0 spiro atoms. The average Bonchev–Trinajstić information content (AvgIpc) is 2.88. The number of hydrogen-bond donors (Lipinski definition) is 1. The minimum absolute atomic E-state index is 0.0407. The smallest absolute Gasteiger partial charge is 0.306 e. The van der Waals surface area contributed by atoms with Crippen LogP contribution in [0.5, 0.6) is 0 Å². The number of H-pyrrole nitrogens is 1. The largest absolute Gasteiger partial charge is 0.326 e. The first kappa shape index (κ1) is 9.46. The van der Waals surface area contributed by atoms with Gasteiger partial charge in [0.25, 0.3) is 0 Å². The number of allylic oxidation sites excluding steroid dienone is 2. The molecule has 0 amide bonds. The molecule has 1 aliphatic carbocycles. The van der Waals surface area contributed by atoms with Crippen molar-refractivity contribution in [2.75, 3.05) is 0 Å². The van der Waals surface area contributed by atoms with Gasteiger partial charge in [-0.05, 0) is 30.9 Å². The monoisotopic (exact) mass is 214 g/mol. The number of fused-ring (bicyclic) bond motifs is 1. The first-order chi connectivity index (χ1) is 7.77. The maximum atomic E-state index is 11.6. The molecule has 0 fully saturated rings. The number of para-hydroxylation sites is 1. The van der Waals surface area contributed by atoms with Crippen molar-refractivity contribution in [3.63, 3.8) is 0 Å². The quantitative estimate of drug-likeness (QED) is 0.777. The van der Waals surface area contributed by atoms with Gasteiger partial charge in [-0.3, -0.25) is 4.57 Å². The third-order valence-corrected chi connectivity index (χ3v) is 3.30. The summed E-state index contributed by atoms with van der Waals surface area (Å²) in [7, 11) is 1.82. The summed E-state index contributed by atoms with van der Waals surface area (Å²) in [5, 5.41) is 0. The molecule has 0 radical (unpaired) electrons. The highest BCUT2D eigenvalue weighted by atomic mass is 16.1. The molecule has 3 rings (SSSR count). The van der Waals surface area contributed by atoms with Crippen LogP contribution in [-0.2, 0) is 7.05 Å². The molecule has 0 unspecified atom stereocenters. The van der Waals surface area contributed by atoms with Crippen LogP contribution >= 0.6 is 0 Å². The Balaban J connectivity index is 2.35. The predicted molar refractivity (Wildman–Crippen MR) is 65.4 cm³/mol. The molecule has 3 heteroatoms. The zero-order chi connectivity index (χ0) is 11.1. The molecule has 0 saturated carbocycles. The number of benzene rings is 1. The first-order valence-corrected chi connectivity index (χ1v) is 5.64. The summed E-state index contributed by atoms with van der Waals surface area (Å²) in [6.45, 7) is 0. The zero-order valence-corrected chi connectivity index (χ0v) is 9.29. The number of imidazole rings is 1. The molecule has 82 valence electrons. The van der Waals surface area contributed by atoms with Crippen LogP contribution in [0.15, 0.2) is 29.1 Å². The van der Waals surface area contributed by atoms with Crippen molar-refractivity contribution in [1.82, 2.24) is 9.55 Å². The summed E-state index contributed by atoms with van der Waals surface area (Å²) >= 11 is 0. The van der Waals surface area contributed by atoms with Gasteiger partial charge in [0.1, 0.15) is 0 Å². The number of aromatic amines is 1. The number of nitrogens with one attached hydrogen (secondary N) is 1. The Hall–Kier alpha value is -1.77. The fraction of sp³-hybridized carbons (Fsp3) is 0.308. The van der Waals surface area contributed by atoms with E-state index < -0.39 is 0 Å². The van der Waals surface area contributed by atoms with E-state index in [1.807, 2.05) is 19.2 Å². The third-order valence-electron chi connectivity index (χ3n) is 3.30. The molecule has 0 saturated heterocycles. The van der Waals surface area contributed by atoms with Gasteiger partial charge in [-0.15, -0.1) is 0 Å². The Morgan fingerprint density at radius 3 is 3.00 bits per heavy atom. The van der Waals surface area contributed by atoms with E-state index in [0.29, 0.717) is 0 Å². The molecule has 1 aliphatic rings. The summed E-state index contributed by atoms with van der Waals surface area (Å²) in [5.41, 5.74) is 4.50. The highest BCUT2D eigenvalue weighted by Crippen LogP contribution is 2.31. The minimum Gasteiger partial charge on any atom is -0.306 e. The average molecular weight is 214 g/mol. The van der Waals surface area contributed by atoms with Crippen LogP contribution in [0, 0.1) is 0 Å². The van der Waals surface area contributed by atoms with Crippen LogP contribution in [-0.4, -0.2) is 9.55 Å². The van der Waals surface area contributed by atoms with E-state index >= 15 is 0 Å². The molecule has 1 aromatic heterocycles. The van der Waals surface area contributed by atoms with Gasteiger partial charge < -0.3 is 4.98 Å². The fourth-order valence-electron chi connectivity index (χ4n) is 2.48. The van der Waals surface area contributed by atoms with Crippen LogP contribution in [0.2, 0.25) is 0 Å². The van der Waals surface area contributed by atoms with Gasteiger partial charge in [-0.25, -0.2) is 4.79 Å². The summed E-state index contributed by atoms with van der Waals surface area (Å²) < 4.78 is 1.70. The zero-order valence-electron chi connectivity index (χ0n) is 9.29. The molecule has 0 atom stereocenters. The Kier molecular flexibility index (Phi) is 1.99. The number of rotatable bonds is 1. The summed E-state index contributed by atoms with van der Waals surface area (Å²) in [4.78, 5) is 14.5. The van der Waals surface area contributed by atoms with E-state index in [-0.39, 0.29) is 5.69 Å². The maximum absolute atomic E-state index is 11.6. The van der Waals surface area contributed by atoms with E-state index in [1.165, 1.54) is 17.6 Å². The Bertz CT molecular complexity index is 631. The molecule has 1 aromatic carbocycles. The molecule has 16 heavy (non-hydrogen) atoms. The SMILES string of the molecule is Cn1c(=O)[nH]c2cccc(C3=CCCC3)c21. The summed E-state index contributed by atoms with van der Waals surface area (Å²) in [5.74, 6) is 0. The minimum atomic E-state index is -0.0407. The van der Waals surface area contributed by atoms with Crippen LogP contribution in [0.4, 0.5) is 0 Å². The van der Waals surface area contributed by atoms with Gasteiger partial charge in [-0.2, -0.15) is 0 Å². The summed E-state index contributed by atoms with van der Waals surface area (Å²) in [6, 6.07) is 6.06. The van der Waals surface area contributed by atoms with Crippen molar-refractivity contribution >= 4 is 16.6 Å². The fourth-order valence-corrected chi connectivity index (χ4v) is 2.48. The molecule has 0 bridgehead atoms. The van der Waals surface area contributed by atoms with Gasteiger partial charge in [-0.1, -0.05) is 18.2 Å². The lowest BCUT2D eigenvalue weighted by Gasteiger charge is -2.05. The number of nitrogens with zero attached hydrogens (tertiary/aromatic N) is 1. The van der Waals surface area contributed by atoms with Crippen molar-refractivity contribution in [3.8, 4) is 0 Å². The van der Waals surface area contributed by atoms with Crippen LogP contribution < -0.4 is 5.69 Å². The van der Waals surface area contributed by atoms with Gasteiger partial charge in [0.15, 0.2) is 0 Å². The highest BCUT2D eigenvalue weighted by Gasteiger charge is 2.13. The molecule has 0 aliphatic heterocycles. The van der Waals surface area contributed by atoms with Crippen LogP contribution in [0.1, 0.15) is 24.8 Å². The molecular weight excluding hydrogens is 200 g/mol. The van der Waals surface area contributed by atoms with Crippen molar-refractivity contribution in [2.45, 2.75) is 19.3 Å². The molecule has 3 nitrogen and oxygen atoms in total. The lowest BCUT2D eigenvalue weighted by Crippen LogP contribution is -2.12.